The van der Waals surface area contributed by atoms with Crippen LogP contribution < -0.4 is 5.32 Å². The smallest absolute Gasteiger partial charge is 0.312 e. The van der Waals surface area contributed by atoms with E-state index in [1.54, 1.807) is 18.7 Å². The molecule has 138 valence electrons. The van der Waals surface area contributed by atoms with Crippen LogP contribution in [0.1, 0.15) is 19.5 Å². The van der Waals surface area contributed by atoms with Gasteiger partial charge in [0.2, 0.25) is 5.91 Å². The molecule has 2 aromatic rings. The zero-order valence-corrected chi connectivity index (χ0v) is 14.9. The first-order chi connectivity index (χ1) is 12.5. The highest BCUT2D eigenvalue weighted by Crippen LogP contribution is 2.19. The normalized spacial score (nSPS) is 14.7. The minimum Gasteiger partial charge on any atom is -0.356 e. The van der Waals surface area contributed by atoms with Crippen LogP contribution in [0.15, 0.2) is 28.8 Å². The lowest BCUT2D eigenvalue weighted by molar-refractivity contribution is -0.148. The highest BCUT2D eigenvalue weighted by Gasteiger charge is 2.28. The molecule has 1 saturated heterocycles. The Kier molecular flexibility index (Phi) is 5.20. The third-order valence-electron chi connectivity index (χ3n) is 4.30. The van der Waals surface area contributed by atoms with Gasteiger partial charge in [0.15, 0.2) is 5.58 Å². The zero-order chi connectivity index (χ0) is 18.7. The third-order valence-corrected chi connectivity index (χ3v) is 4.30. The summed E-state index contributed by atoms with van der Waals surface area (Å²) in [5.74, 6) is -1.22. The second-order valence-electron chi connectivity index (χ2n) is 6.60. The lowest BCUT2D eigenvalue weighted by Crippen LogP contribution is -2.54. The van der Waals surface area contributed by atoms with E-state index in [0.29, 0.717) is 37.5 Å². The molecule has 3 rings (SSSR count). The topological polar surface area (TPSA) is 95.8 Å². The molecule has 1 fully saturated rings. The Morgan fingerprint density at radius 2 is 1.77 bits per heavy atom. The van der Waals surface area contributed by atoms with E-state index in [1.165, 1.54) is 4.90 Å². The lowest BCUT2D eigenvalue weighted by Gasteiger charge is -2.34. The number of rotatable bonds is 3. The zero-order valence-electron chi connectivity index (χ0n) is 14.9. The average molecular weight is 358 g/mol. The van der Waals surface area contributed by atoms with Crippen LogP contribution >= 0.6 is 0 Å². The molecule has 1 N–H and O–H groups in total. The molecule has 1 aromatic heterocycles. The van der Waals surface area contributed by atoms with Gasteiger partial charge in [-0.15, -0.1) is 0 Å². The van der Waals surface area contributed by atoms with E-state index in [1.807, 2.05) is 24.3 Å². The molecule has 0 saturated carbocycles. The van der Waals surface area contributed by atoms with Gasteiger partial charge < -0.3 is 19.6 Å². The fraction of sp³-hybridized carbons (Fsp3) is 0.444. The van der Waals surface area contributed by atoms with E-state index in [-0.39, 0.29) is 18.4 Å². The number of amides is 3. The Morgan fingerprint density at radius 1 is 1.12 bits per heavy atom. The average Bonchev–Trinajstić information content (AvgIpc) is 3.03. The molecule has 26 heavy (non-hydrogen) atoms. The Labute approximate surface area is 151 Å². The van der Waals surface area contributed by atoms with Crippen molar-refractivity contribution in [3.8, 4) is 0 Å². The van der Waals surface area contributed by atoms with Gasteiger partial charge in [-0.1, -0.05) is 17.3 Å². The number of hydrogen-bond donors (Lipinski definition) is 1. The number of aromatic nitrogens is 1. The van der Waals surface area contributed by atoms with Crippen molar-refractivity contribution in [3.05, 3.63) is 30.0 Å². The standard InChI is InChI=1S/C18H22N4O4/c1-12(2)19-17(24)18(25)22-9-7-21(8-10-22)16(23)11-14-13-5-3-4-6-15(13)26-20-14/h3-6,12H,7-11H2,1-2H3,(H,19,24). The second kappa shape index (κ2) is 7.55. The Hall–Kier alpha value is -2.90. The number of nitrogens with zero attached hydrogens (tertiary/aromatic N) is 3. The molecule has 1 aromatic carbocycles. The van der Waals surface area contributed by atoms with E-state index < -0.39 is 11.8 Å². The van der Waals surface area contributed by atoms with Crippen molar-refractivity contribution >= 4 is 28.7 Å². The SMILES string of the molecule is CC(C)NC(=O)C(=O)N1CCN(C(=O)Cc2noc3ccccc23)CC1. The number of carbonyl (C=O) groups is 3. The summed E-state index contributed by atoms with van der Waals surface area (Å²) in [6.07, 6.45) is 0.152. The maximum atomic E-state index is 12.5. The van der Waals surface area contributed by atoms with Gasteiger partial charge >= 0.3 is 11.8 Å². The summed E-state index contributed by atoms with van der Waals surface area (Å²) in [6, 6.07) is 7.32. The minimum absolute atomic E-state index is 0.0669. The fourth-order valence-electron chi connectivity index (χ4n) is 2.95. The molecule has 0 aliphatic carbocycles. The monoisotopic (exact) mass is 358 g/mol. The molecular formula is C18H22N4O4. The van der Waals surface area contributed by atoms with E-state index in [9.17, 15) is 14.4 Å². The first kappa shape index (κ1) is 17.9. The molecule has 0 radical (unpaired) electrons. The summed E-state index contributed by atoms with van der Waals surface area (Å²) in [6.45, 7) is 5.08. The summed E-state index contributed by atoms with van der Waals surface area (Å²) < 4.78 is 5.23. The van der Waals surface area contributed by atoms with Crippen molar-refractivity contribution in [3.63, 3.8) is 0 Å². The van der Waals surface area contributed by atoms with Crippen molar-refractivity contribution in [2.45, 2.75) is 26.3 Å². The third kappa shape index (κ3) is 3.84. The van der Waals surface area contributed by atoms with Crippen LogP contribution in [0.3, 0.4) is 0 Å². The van der Waals surface area contributed by atoms with Crippen LogP contribution in [0, 0.1) is 0 Å². The number of nitrogens with one attached hydrogen (secondary N) is 1. The van der Waals surface area contributed by atoms with Crippen molar-refractivity contribution in [2.75, 3.05) is 26.2 Å². The van der Waals surface area contributed by atoms with Gasteiger partial charge in [-0.3, -0.25) is 14.4 Å². The number of fused-ring (bicyclic) bond motifs is 1. The fourth-order valence-corrected chi connectivity index (χ4v) is 2.95. The highest BCUT2D eigenvalue weighted by molar-refractivity contribution is 6.35. The summed E-state index contributed by atoms with van der Waals surface area (Å²) in [7, 11) is 0. The molecule has 2 heterocycles. The molecule has 8 heteroatoms. The van der Waals surface area contributed by atoms with Crippen molar-refractivity contribution in [1.29, 1.82) is 0 Å². The largest absolute Gasteiger partial charge is 0.356 e. The summed E-state index contributed by atoms with van der Waals surface area (Å²) >= 11 is 0. The van der Waals surface area contributed by atoms with Gasteiger partial charge in [-0.2, -0.15) is 0 Å². The number of para-hydroxylation sites is 1. The van der Waals surface area contributed by atoms with Crippen LogP contribution in [-0.4, -0.2) is 64.9 Å². The van der Waals surface area contributed by atoms with Gasteiger partial charge in [-0.05, 0) is 26.0 Å². The molecular weight excluding hydrogens is 336 g/mol. The van der Waals surface area contributed by atoms with Gasteiger partial charge in [0.05, 0.1) is 6.42 Å². The van der Waals surface area contributed by atoms with Gasteiger partial charge in [-0.25, -0.2) is 0 Å². The van der Waals surface area contributed by atoms with Crippen LogP contribution in [-0.2, 0) is 20.8 Å². The van der Waals surface area contributed by atoms with Gasteiger partial charge in [0.25, 0.3) is 0 Å². The van der Waals surface area contributed by atoms with Crippen molar-refractivity contribution < 1.29 is 18.9 Å². The maximum Gasteiger partial charge on any atom is 0.312 e. The first-order valence-corrected chi connectivity index (χ1v) is 8.66. The Balaban J connectivity index is 1.55. The Bertz CT molecular complexity index is 821. The maximum absolute atomic E-state index is 12.5. The second-order valence-corrected chi connectivity index (χ2v) is 6.60. The summed E-state index contributed by atoms with van der Waals surface area (Å²) in [5, 5.41) is 7.41. The summed E-state index contributed by atoms with van der Waals surface area (Å²) in [4.78, 5) is 39.6. The Morgan fingerprint density at radius 3 is 2.46 bits per heavy atom. The molecule has 1 aliphatic rings. The van der Waals surface area contributed by atoms with Gasteiger partial charge in [0, 0.05) is 37.6 Å². The predicted molar refractivity (Wildman–Crippen MR) is 94.2 cm³/mol. The predicted octanol–water partition coefficient (Wildman–Crippen LogP) is 0.566. The summed E-state index contributed by atoms with van der Waals surface area (Å²) in [5.41, 5.74) is 1.27. The molecule has 0 spiro atoms. The highest BCUT2D eigenvalue weighted by atomic mass is 16.5. The van der Waals surface area contributed by atoms with Crippen LogP contribution in [0.5, 0.6) is 0 Å². The van der Waals surface area contributed by atoms with E-state index >= 15 is 0 Å². The lowest BCUT2D eigenvalue weighted by atomic mass is 10.1. The molecule has 3 amide bonds. The van der Waals surface area contributed by atoms with Crippen LogP contribution in [0.2, 0.25) is 0 Å². The quantitative estimate of drug-likeness (QED) is 0.809. The minimum atomic E-state index is -0.603. The van der Waals surface area contributed by atoms with E-state index in [0.717, 1.165) is 5.39 Å². The first-order valence-electron chi connectivity index (χ1n) is 8.66. The van der Waals surface area contributed by atoms with Crippen molar-refractivity contribution in [1.82, 2.24) is 20.3 Å². The number of piperazine rings is 1. The molecule has 8 nitrogen and oxygen atoms in total. The van der Waals surface area contributed by atoms with E-state index in [2.05, 4.69) is 10.5 Å². The number of hydrogen-bond acceptors (Lipinski definition) is 5. The number of carbonyl (C=O) groups excluding carboxylic acids is 3. The van der Waals surface area contributed by atoms with Crippen molar-refractivity contribution in [2.24, 2.45) is 0 Å². The van der Waals surface area contributed by atoms with Crippen LogP contribution in [0.25, 0.3) is 11.0 Å². The number of benzene rings is 1. The molecule has 1 aliphatic heterocycles. The molecule has 0 bridgehead atoms. The molecule has 0 unspecified atom stereocenters. The van der Waals surface area contributed by atoms with E-state index in [4.69, 9.17) is 4.52 Å². The van der Waals surface area contributed by atoms with Crippen LogP contribution in [0.4, 0.5) is 0 Å². The van der Waals surface area contributed by atoms with Gasteiger partial charge in [0.1, 0.15) is 5.69 Å². The molecule has 0 atom stereocenters.